The Morgan fingerprint density at radius 3 is 2.09 bits per heavy atom. The van der Waals surface area contributed by atoms with Crippen LogP contribution in [-0.2, 0) is 16.4 Å². The molecule has 34 heavy (non-hydrogen) atoms. The number of sulfone groups is 1. The van der Waals surface area contributed by atoms with Crippen LogP contribution in [0.5, 0.6) is 0 Å². The number of hydrogen-bond donors (Lipinski definition) is 1. The molecule has 2 atom stereocenters. The molecule has 2 aromatic rings. The Morgan fingerprint density at radius 2 is 1.53 bits per heavy atom. The number of nitrogens with one attached hydrogen (secondary N) is 1. The van der Waals surface area contributed by atoms with Gasteiger partial charge >= 0.3 is 6.03 Å². The van der Waals surface area contributed by atoms with Crippen molar-refractivity contribution < 1.29 is 13.2 Å². The van der Waals surface area contributed by atoms with E-state index in [2.05, 4.69) is 53.2 Å². The summed E-state index contributed by atoms with van der Waals surface area (Å²) in [6.07, 6.45) is 3.15. The van der Waals surface area contributed by atoms with Crippen molar-refractivity contribution in [2.75, 3.05) is 37.3 Å². The molecule has 0 unspecified atom stereocenters. The number of amides is 2. The highest BCUT2D eigenvalue weighted by Crippen LogP contribution is 2.24. The van der Waals surface area contributed by atoms with Gasteiger partial charge in [-0.1, -0.05) is 30.3 Å². The third-order valence-corrected chi connectivity index (χ3v) is 8.08. The predicted octanol–water partition coefficient (Wildman–Crippen LogP) is 3.36. The van der Waals surface area contributed by atoms with Crippen LogP contribution in [-0.4, -0.2) is 74.8 Å². The first-order valence-corrected chi connectivity index (χ1v) is 14.0. The molecule has 2 heterocycles. The van der Waals surface area contributed by atoms with E-state index in [-0.39, 0.29) is 24.2 Å². The van der Waals surface area contributed by atoms with Crippen LogP contribution in [0.1, 0.15) is 32.3 Å². The molecule has 7 nitrogen and oxygen atoms in total. The summed E-state index contributed by atoms with van der Waals surface area (Å²) in [4.78, 5) is 20.2. The van der Waals surface area contributed by atoms with Gasteiger partial charge < -0.3 is 15.1 Å². The molecule has 2 aromatic carbocycles. The highest BCUT2D eigenvalue weighted by atomic mass is 32.2. The van der Waals surface area contributed by atoms with Gasteiger partial charge in [-0.2, -0.15) is 0 Å². The number of likely N-dealkylation sites (tertiary alicyclic amines) is 1. The summed E-state index contributed by atoms with van der Waals surface area (Å²) in [7, 11) is -3.21. The lowest BCUT2D eigenvalue weighted by atomic mass is 10.0. The second kappa shape index (κ2) is 10.4. The number of nitrogens with zero attached hydrogens (tertiary/aromatic N) is 3. The summed E-state index contributed by atoms with van der Waals surface area (Å²) in [5.41, 5.74) is 2.31. The molecule has 2 amide bonds. The van der Waals surface area contributed by atoms with Gasteiger partial charge in [-0.25, -0.2) is 13.2 Å². The zero-order valence-electron chi connectivity index (χ0n) is 20.4. The SMILES string of the molecule is C[C@@H]1CN(c2ccc(S(C)(=O)=O)cc2)C[C@H](C)N1C(=O)NC1CCN(Cc2ccccc2)CC1. The van der Waals surface area contributed by atoms with E-state index in [0.717, 1.165) is 38.2 Å². The minimum atomic E-state index is -3.21. The molecule has 2 aliphatic rings. The average molecular weight is 485 g/mol. The van der Waals surface area contributed by atoms with Gasteiger partial charge in [0.1, 0.15) is 0 Å². The van der Waals surface area contributed by atoms with E-state index in [0.29, 0.717) is 18.0 Å². The Labute approximate surface area is 203 Å². The van der Waals surface area contributed by atoms with E-state index in [9.17, 15) is 13.2 Å². The molecule has 2 saturated heterocycles. The molecular formula is C26H36N4O3S. The highest BCUT2D eigenvalue weighted by molar-refractivity contribution is 7.90. The Bertz CT molecular complexity index is 1050. The Balaban J connectivity index is 1.29. The lowest BCUT2D eigenvalue weighted by Gasteiger charge is -2.46. The third-order valence-electron chi connectivity index (χ3n) is 6.95. The first-order valence-electron chi connectivity index (χ1n) is 12.1. The average Bonchev–Trinajstić information content (AvgIpc) is 2.80. The molecule has 184 valence electrons. The highest BCUT2D eigenvalue weighted by Gasteiger charge is 2.34. The van der Waals surface area contributed by atoms with Crippen LogP contribution >= 0.6 is 0 Å². The zero-order chi connectivity index (χ0) is 24.3. The molecule has 0 bridgehead atoms. The first-order chi connectivity index (χ1) is 16.2. The fourth-order valence-corrected chi connectivity index (χ4v) is 5.79. The standard InChI is InChI=1S/C26H36N4O3S/c1-20-17-29(24-9-11-25(12-10-24)34(3,32)33)18-21(2)30(20)26(31)27-23-13-15-28(16-14-23)19-22-7-5-4-6-8-22/h4-12,20-21,23H,13-19H2,1-3H3,(H,27,31)/t20-,21+. The van der Waals surface area contributed by atoms with Crippen molar-refractivity contribution in [3.63, 3.8) is 0 Å². The number of urea groups is 1. The molecule has 0 saturated carbocycles. The van der Waals surface area contributed by atoms with E-state index in [1.165, 1.54) is 11.8 Å². The van der Waals surface area contributed by atoms with E-state index < -0.39 is 9.84 Å². The van der Waals surface area contributed by atoms with Gasteiger partial charge in [0.25, 0.3) is 0 Å². The van der Waals surface area contributed by atoms with Gasteiger partial charge in [-0.3, -0.25) is 4.90 Å². The van der Waals surface area contributed by atoms with Gasteiger partial charge in [0.2, 0.25) is 0 Å². The summed E-state index contributed by atoms with van der Waals surface area (Å²) in [5, 5.41) is 3.29. The van der Waals surface area contributed by atoms with Gasteiger partial charge in [-0.15, -0.1) is 0 Å². The molecule has 0 aromatic heterocycles. The number of piperidine rings is 1. The van der Waals surface area contributed by atoms with Crippen molar-refractivity contribution in [3.05, 3.63) is 60.2 Å². The maximum atomic E-state index is 13.2. The summed E-state index contributed by atoms with van der Waals surface area (Å²) < 4.78 is 23.5. The molecule has 1 N–H and O–H groups in total. The van der Waals surface area contributed by atoms with E-state index in [1.807, 2.05) is 23.1 Å². The predicted molar refractivity (Wildman–Crippen MR) is 136 cm³/mol. The van der Waals surface area contributed by atoms with Crippen molar-refractivity contribution in [3.8, 4) is 0 Å². The number of carbonyl (C=O) groups excluding carboxylic acids is 1. The largest absolute Gasteiger partial charge is 0.367 e. The first kappa shape index (κ1) is 24.5. The molecule has 0 radical (unpaired) electrons. The number of rotatable bonds is 5. The lowest BCUT2D eigenvalue weighted by Crippen LogP contribution is -2.62. The number of benzene rings is 2. The van der Waals surface area contributed by atoms with Crippen molar-refractivity contribution in [2.24, 2.45) is 0 Å². The van der Waals surface area contributed by atoms with Crippen molar-refractivity contribution in [1.82, 2.24) is 15.1 Å². The number of piperazine rings is 1. The van der Waals surface area contributed by atoms with Crippen LogP contribution in [0.2, 0.25) is 0 Å². The second-order valence-electron chi connectivity index (χ2n) is 9.76. The Kier molecular flexibility index (Phi) is 7.48. The van der Waals surface area contributed by atoms with Gasteiger partial charge in [0.05, 0.1) is 4.90 Å². The van der Waals surface area contributed by atoms with Crippen molar-refractivity contribution >= 4 is 21.6 Å². The fraction of sp³-hybridized carbons (Fsp3) is 0.500. The maximum absolute atomic E-state index is 13.2. The minimum absolute atomic E-state index is 0.0218. The van der Waals surface area contributed by atoms with Crippen LogP contribution in [0.3, 0.4) is 0 Å². The molecule has 0 spiro atoms. The topological polar surface area (TPSA) is 73.0 Å². The summed E-state index contributed by atoms with van der Waals surface area (Å²) in [6, 6.07) is 17.9. The van der Waals surface area contributed by atoms with Crippen LogP contribution in [0.15, 0.2) is 59.5 Å². The van der Waals surface area contributed by atoms with E-state index in [1.54, 1.807) is 12.1 Å². The molecular weight excluding hydrogens is 448 g/mol. The molecule has 8 heteroatoms. The smallest absolute Gasteiger partial charge is 0.318 e. The summed E-state index contributed by atoms with van der Waals surface area (Å²) >= 11 is 0. The van der Waals surface area contributed by atoms with Gasteiger partial charge in [-0.05, 0) is 56.5 Å². The molecule has 0 aliphatic carbocycles. The second-order valence-corrected chi connectivity index (χ2v) is 11.8. The lowest BCUT2D eigenvalue weighted by molar-refractivity contribution is 0.130. The fourth-order valence-electron chi connectivity index (χ4n) is 5.16. The zero-order valence-corrected chi connectivity index (χ0v) is 21.2. The summed E-state index contributed by atoms with van der Waals surface area (Å²) in [5.74, 6) is 0. The normalized spacial score (nSPS) is 22.6. The minimum Gasteiger partial charge on any atom is -0.367 e. The van der Waals surface area contributed by atoms with Crippen LogP contribution < -0.4 is 10.2 Å². The van der Waals surface area contributed by atoms with E-state index >= 15 is 0 Å². The maximum Gasteiger partial charge on any atom is 0.318 e. The van der Waals surface area contributed by atoms with Crippen molar-refractivity contribution in [2.45, 2.75) is 56.3 Å². The summed E-state index contributed by atoms with van der Waals surface area (Å²) in [6.45, 7) is 8.52. The number of carbonyl (C=O) groups is 1. The van der Waals surface area contributed by atoms with Gasteiger partial charge in [0.15, 0.2) is 9.84 Å². The Hall–Kier alpha value is -2.58. The van der Waals surface area contributed by atoms with Crippen LogP contribution in [0.25, 0.3) is 0 Å². The Morgan fingerprint density at radius 1 is 0.941 bits per heavy atom. The molecule has 2 fully saturated rings. The van der Waals surface area contributed by atoms with Crippen LogP contribution in [0.4, 0.5) is 10.5 Å². The third kappa shape index (κ3) is 5.91. The van der Waals surface area contributed by atoms with Crippen LogP contribution in [0, 0.1) is 0 Å². The molecule has 4 rings (SSSR count). The molecule has 2 aliphatic heterocycles. The van der Waals surface area contributed by atoms with E-state index in [4.69, 9.17) is 0 Å². The number of hydrogen-bond acceptors (Lipinski definition) is 5. The van der Waals surface area contributed by atoms with Crippen molar-refractivity contribution in [1.29, 1.82) is 0 Å². The van der Waals surface area contributed by atoms with Gasteiger partial charge in [0, 0.05) is 62.8 Å². The monoisotopic (exact) mass is 484 g/mol. The quantitative estimate of drug-likeness (QED) is 0.705. The number of anilines is 1.